The number of hydrogen-bond donors (Lipinski definition) is 1. The minimum atomic E-state index is -3.01. The van der Waals surface area contributed by atoms with Gasteiger partial charge in [0, 0.05) is 31.6 Å². The molecule has 20 heavy (non-hydrogen) atoms. The van der Waals surface area contributed by atoms with Crippen molar-refractivity contribution in [2.45, 2.75) is 19.9 Å². The second-order valence-corrected chi connectivity index (χ2v) is 7.29. The van der Waals surface area contributed by atoms with Gasteiger partial charge in [0.1, 0.15) is 15.7 Å². The molecule has 1 aromatic carbocycles. The summed E-state index contributed by atoms with van der Waals surface area (Å²) in [6.45, 7) is 5.12. The van der Waals surface area contributed by atoms with E-state index in [1.165, 1.54) is 18.4 Å². The molecule has 0 aliphatic heterocycles. The summed E-state index contributed by atoms with van der Waals surface area (Å²) in [6, 6.07) is 4.60. The normalized spacial score (nSPS) is 13.2. The Labute approximate surface area is 120 Å². The topological polar surface area (TPSA) is 49.4 Å². The Morgan fingerprint density at radius 3 is 2.60 bits per heavy atom. The second-order valence-electron chi connectivity index (χ2n) is 5.03. The monoisotopic (exact) mass is 302 g/mol. The van der Waals surface area contributed by atoms with Crippen LogP contribution in [0.4, 0.5) is 10.1 Å². The zero-order chi connectivity index (χ0) is 15.3. The summed E-state index contributed by atoms with van der Waals surface area (Å²) in [5.74, 6) is -0.208. The van der Waals surface area contributed by atoms with Gasteiger partial charge in [-0.3, -0.25) is 0 Å². The highest BCUT2D eigenvalue weighted by atomic mass is 32.2. The molecule has 1 aromatic rings. The van der Waals surface area contributed by atoms with Gasteiger partial charge in [0.25, 0.3) is 0 Å². The maximum Gasteiger partial charge on any atom is 0.149 e. The third kappa shape index (κ3) is 5.09. The molecule has 6 heteroatoms. The number of nitrogens with one attached hydrogen (secondary N) is 1. The van der Waals surface area contributed by atoms with E-state index < -0.39 is 9.84 Å². The van der Waals surface area contributed by atoms with Gasteiger partial charge < -0.3 is 10.2 Å². The molecule has 0 amide bonds. The Hall–Kier alpha value is -1.14. The molecule has 4 nitrogen and oxygen atoms in total. The van der Waals surface area contributed by atoms with Gasteiger partial charge in [-0.1, -0.05) is 6.92 Å². The molecule has 1 atom stereocenters. The number of nitrogens with zero attached hydrogens (tertiary/aromatic N) is 1. The van der Waals surface area contributed by atoms with Crippen molar-refractivity contribution in [2.75, 3.05) is 37.0 Å². The van der Waals surface area contributed by atoms with Crippen LogP contribution in [0, 0.1) is 5.82 Å². The first kappa shape index (κ1) is 16.9. The summed E-state index contributed by atoms with van der Waals surface area (Å²) in [6.07, 6.45) is 1.22. The molecule has 0 aromatic heterocycles. The number of sulfone groups is 1. The lowest BCUT2D eigenvalue weighted by Crippen LogP contribution is -2.27. The predicted molar refractivity (Wildman–Crippen MR) is 81.5 cm³/mol. The van der Waals surface area contributed by atoms with Gasteiger partial charge in [0.15, 0.2) is 0 Å². The van der Waals surface area contributed by atoms with E-state index in [4.69, 9.17) is 0 Å². The minimum Gasteiger partial charge on any atom is -0.373 e. The van der Waals surface area contributed by atoms with Crippen LogP contribution < -0.4 is 10.2 Å². The molecule has 0 fully saturated rings. The molecule has 0 bridgehead atoms. The largest absolute Gasteiger partial charge is 0.373 e. The average molecular weight is 302 g/mol. The smallest absolute Gasteiger partial charge is 0.149 e. The summed E-state index contributed by atoms with van der Waals surface area (Å²) in [5, 5.41) is 3.25. The standard InChI is InChI=1S/C14H23FN2O2S/c1-5-16-11(2)13-10-12(15)6-7-14(13)17(3)8-9-20(4,18)19/h6-7,10-11,16H,5,8-9H2,1-4H3. The molecule has 1 unspecified atom stereocenters. The first-order chi connectivity index (χ1) is 9.24. The van der Waals surface area contributed by atoms with Crippen LogP contribution in [0.25, 0.3) is 0 Å². The first-order valence-corrected chi connectivity index (χ1v) is 8.72. The molecule has 0 saturated carbocycles. The van der Waals surface area contributed by atoms with Gasteiger partial charge >= 0.3 is 0 Å². The SMILES string of the molecule is CCNC(C)c1cc(F)ccc1N(C)CCS(C)(=O)=O. The maximum absolute atomic E-state index is 13.4. The summed E-state index contributed by atoms with van der Waals surface area (Å²) in [7, 11) is -1.19. The number of anilines is 1. The first-order valence-electron chi connectivity index (χ1n) is 6.66. The Kier molecular flexibility index (Phi) is 5.95. The van der Waals surface area contributed by atoms with Gasteiger partial charge in [0.05, 0.1) is 5.75 Å². The van der Waals surface area contributed by atoms with Crippen LogP contribution in [0.1, 0.15) is 25.5 Å². The van der Waals surface area contributed by atoms with Crippen molar-refractivity contribution < 1.29 is 12.8 Å². The van der Waals surface area contributed by atoms with Crippen LogP contribution >= 0.6 is 0 Å². The van der Waals surface area contributed by atoms with E-state index in [0.717, 1.165) is 17.8 Å². The van der Waals surface area contributed by atoms with Crippen molar-refractivity contribution >= 4 is 15.5 Å². The van der Waals surface area contributed by atoms with Crippen LogP contribution in [-0.4, -0.2) is 40.6 Å². The van der Waals surface area contributed by atoms with Gasteiger partial charge in [-0.15, -0.1) is 0 Å². The number of hydrogen-bond acceptors (Lipinski definition) is 4. The molecule has 0 saturated heterocycles. The van der Waals surface area contributed by atoms with Crippen molar-refractivity contribution in [1.29, 1.82) is 0 Å². The summed E-state index contributed by atoms with van der Waals surface area (Å²) >= 11 is 0. The van der Waals surface area contributed by atoms with Crippen molar-refractivity contribution in [3.63, 3.8) is 0 Å². The van der Waals surface area contributed by atoms with Gasteiger partial charge in [-0.2, -0.15) is 0 Å². The Morgan fingerprint density at radius 1 is 1.40 bits per heavy atom. The fourth-order valence-electron chi connectivity index (χ4n) is 2.06. The molecule has 0 aliphatic carbocycles. The maximum atomic E-state index is 13.4. The zero-order valence-electron chi connectivity index (χ0n) is 12.5. The number of halogens is 1. The third-order valence-corrected chi connectivity index (χ3v) is 4.10. The third-order valence-electron chi connectivity index (χ3n) is 3.18. The molecule has 0 spiro atoms. The van der Waals surface area contributed by atoms with E-state index in [-0.39, 0.29) is 17.6 Å². The summed E-state index contributed by atoms with van der Waals surface area (Å²) in [4.78, 5) is 1.85. The highest BCUT2D eigenvalue weighted by Gasteiger charge is 2.15. The minimum absolute atomic E-state index is 0.00591. The Bertz CT molecular complexity index is 546. The molecular weight excluding hydrogens is 279 g/mol. The van der Waals surface area contributed by atoms with E-state index in [0.29, 0.717) is 6.54 Å². The van der Waals surface area contributed by atoms with E-state index in [1.54, 1.807) is 6.07 Å². The Morgan fingerprint density at radius 2 is 2.05 bits per heavy atom. The summed E-state index contributed by atoms with van der Waals surface area (Å²) < 4.78 is 35.9. The zero-order valence-corrected chi connectivity index (χ0v) is 13.3. The molecule has 0 heterocycles. The van der Waals surface area contributed by atoms with Gasteiger partial charge in [-0.05, 0) is 37.2 Å². The Balaban J connectivity index is 2.98. The van der Waals surface area contributed by atoms with Crippen LogP contribution in [-0.2, 0) is 9.84 Å². The van der Waals surface area contributed by atoms with Gasteiger partial charge in [-0.25, -0.2) is 12.8 Å². The van der Waals surface area contributed by atoms with Crippen LogP contribution in [0.5, 0.6) is 0 Å². The van der Waals surface area contributed by atoms with Crippen molar-refractivity contribution in [3.8, 4) is 0 Å². The van der Waals surface area contributed by atoms with Crippen LogP contribution in [0.15, 0.2) is 18.2 Å². The molecule has 0 radical (unpaired) electrons. The van der Waals surface area contributed by atoms with Crippen molar-refractivity contribution in [2.24, 2.45) is 0 Å². The highest BCUT2D eigenvalue weighted by Crippen LogP contribution is 2.26. The molecule has 114 valence electrons. The molecule has 0 aliphatic rings. The molecule has 1 rings (SSSR count). The second kappa shape index (κ2) is 7.04. The lowest BCUT2D eigenvalue weighted by atomic mass is 10.0. The molecule has 1 N–H and O–H groups in total. The van der Waals surface area contributed by atoms with Crippen LogP contribution in [0.2, 0.25) is 0 Å². The van der Waals surface area contributed by atoms with Gasteiger partial charge in [0.2, 0.25) is 0 Å². The highest BCUT2D eigenvalue weighted by molar-refractivity contribution is 7.90. The summed E-state index contributed by atoms with van der Waals surface area (Å²) in [5.41, 5.74) is 1.69. The van der Waals surface area contributed by atoms with Crippen LogP contribution in [0.3, 0.4) is 0 Å². The van der Waals surface area contributed by atoms with E-state index in [2.05, 4.69) is 5.32 Å². The predicted octanol–water partition coefficient (Wildman–Crippen LogP) is 1.98. The van der Waals surface area contributed by atoms with E-state index in [1.807, 2.05) is 25.8 Å². The lowest BCUT2D eigenvalue weighted by Gasteiger charge is -2.25. The molecular formula is C14H23FN2O2S. The van der Waals surface area contributed by atoms with E-state index in [9.17, 15) is 12.8 Å². The quantitative estimate of drug-likeness (QED) is 0.837. The fourth-order valence-corrected chi connectivity index (χ4v) is 2.66. The average Bonchev–Trinajstić information content (AvgIpc) is 2.35. The fraction of sp³-hybridized carbons (Fsp3) is 0.571. The van der Waals surface area contributed by atoms with Crippen molar-refractivity contribution in [3.05, 3.63) is 29.6 Å². The lowest BCUT2D eigenvalue weighted by molar-refractivity contribution is 0.581. The van der Waals surface area contributed by atoms with Crippen molar-refractivity contribution in [1.82, 2.24) is 5.32 Å². The number of benzene rings is 1. The number of rotatable bonds is 7. The van der Waals surface area contributed by atoms with E-state index >= 15 is 0 Å².